The van der Waals surface area contributed by atoms with Crippen molar-refractivity contribution in [2.75, 3.05) is 0 Å². The molecule has 0 fully saturated rings. The predicted octanol–water partition coefficient (Wildman–Crippen LogP) is 1.39. The summed E-state index contributed by atoms with van der Waals surface area (Å²) >= 11 is 0. The van der Waals surface area contributed by atoms with Crippen LogP contribution in [-0.4, -0.2) is 15.7 Å². The molecule has 0 radical (unpaired) electrons. The molecule has 2 aromatic rings. The van der Waals surface area contributed by atoms with Crippen LogP contribution in [0.5, 0.6) is 5.75 Å². The van der Waals surface area contributed by atoms with E-state index in [2.05, 4.69) is 4.98 Å². The zero-order valence-electron chi connectivity index (χ0n) is 9.54. The third-order valence-corrected chi connectivity index (χ3v) is 2.96. The molecular formula is C13H11FN2O2. The van der Waals surface area contributed by atoms with Crippen LogP contribution in [0.2, 0.25) is 0 Å². The maximum absolute atomic E-state index is 13.1. The summed E-state index contributed by atoms with van der Waals surface area (Å²) in [6, 6.07) is 5.87. The number of nitrogens with zero attached hydrogens (tertiary/aromatic N) is 2. The molecule has 5 heteroatoms. The van der Waals surface area contributed by atoms with Crippen LogP contribution in [0.3, 0.4) is 0 Å². The van der Waals surface area contributed by atoms with E-state index in [1.807, 2.05) is 0 Å². The molecule has 0 amide bonds. The number of hydrogen-bond donors (Lipinski definition) is 0. The quantitative estimate of drug-likeness (QED) is 0.804. The number of hydrogen-bond acceptors (Lipinski definition) is 3. The van der Waals surface area contributed by atoms with E-state index in [-0.39, 0.29) is 17.5 Å². The van der Waals surface area contributed by atoms with E-state index in [1.165, 1.54) is 35.3 Å². The van der Waals surface area contributed by atoms with Gasteiger partial charge in [0.25, 0.3) is 5.56 Å². The lowest BCUT2D eigenvalue weighted by molar-refractivity contribution is 0.207. The van der Waals surface area contributed by atoms with E-state index in [1.54, 1.807) is 6.07 Å². The zero-order valence-corrected chi connectivity index (χ0v) is 9.54. The molecule has 0 spiro atoms. The zero-order chi connectivity index (χ0) is 12.5. The SMILES string of the molecule is O=c1ccncn1CC1Cc2cc(F)ccc2O1. The van der Waals surface area contributed by atoms with Crippen LogP contribution in [0.15, 0.2) is 41.6 Å². The summed E-state index contributed by atoms with van der Waals surface area (Å²) in [5.74, 6) is 0.426. The molecule has 4 nitrogen and oxygen atoms in total. The smallest absolute Gasteiger partial charge is 0.253 e. The van der Waals surface area contributed by atoms with Gasteiger partial charge in [0.15, 0.2) is 0 Å². The predicted molar refractivity (Wildman–Crippen MR) is 63.0 cm³/mol. The molecule has 1 atom stereocenters. The van der Waals surface area contributed by atoms with Crippen LogP contribution in [0.4, 0.5) is 4.39 Å². The molecule has 1 aliphatic rings. The molecule has 1 unspecified atom stereocenters. The van der Waals surface area contributed by atoms with Gasteiger partial charge in [0.2, 0.25) is 0 Å². The van der Waals surface area contributed by atoms with Crippen molar-refractivity contribution in [1.29, 1.82) is 0 Å². The van der Waals surface area contributed by atoms with Gasteiger partial charge < -0.3 is 4.74 Å². The Morgan fingerprint density at radius 3 is 3.17 bits per heavy atom. The molecule has 1 aromatic heterocycles. The molecule has 92 valence electrons. The topological polar surface area (TPSA) is 44.1 Å². The highest BCUT2D eigenvalue weighted by Gasteiger charge is 2.23. The van der Waals surface area contributed by atoms with E-state index >= 15 is 0 Å². The highest BCUT2D eigenvalue weighted by molar-refractivity contribution is 5.37. The first-order chi connectivity index (χ1) is 8.72. The van der Waals surface area contributed by atoms with Gasteiger partial charge in [-0.3, -0.25) is 9.36 Å². The van der Waals surface area contributed by atoms with Crippen LogP contribution >= 0.6 is 0 Å². The Morgan fingerprint density at radius 1 is 1.44 bits per heavy atom. The Kier molecular flexibility index (Phi) is 2.59. The summed E-state index contributed by atoms with van der Waals surface area (Å²) in [6.07, 6.45) is 3.39. The van der Waals surface area contributed by atoms with Crippen molar-refractivity contribution in [3.05, 3.63) is 58.5 Å². The minimum Gasteiger partial charge on any atom is -0.488 e. The number of ether oxygens (including phenoxy) is 1. The van der Waals surface area contributed by atoms with E-state index < -0.39 is 0 Å². The van der Waals surface area contributed by atoms with Crippen molar-refractivity contribution in [1.82, 2.24) is 9.55 Å². The highest BCUT2D eigenvalue weighted by Crippen LogP contribution is 2.29. The van der Waals surface area contributed by atoms with Gasteiger partial charge >= 0.3 is 0 Å². The minimum atomic E-state index is -0.267. The number of halogens is 1. The number of benzene rings is 1. The average Bonchev–Trinajstić information content (AvgIpc) is 2.73. The average molecular weight is 246 g/mol. The van der Waals surface area contributed by atoms with Crippen molar-refractivity contribution in [3.63, 3.8) is 0 Å². The minimum absolute atomic E-state index is 0.115. The molecule has 0 aliphatic carbocycles. The Labute approximate surface area is 103 Å². The fourth-order valence-electron chi connectivity index (χ4n) is 2.13. The summed E-state index contributed by atoms with van der Waals surface area (Å²) in [7, 11) is 0. The lowest BCUT2D eigenvalue weighted by Gasteiger charge is -2.11. The largest absolute Gasteiger partial charge is 0.488 e. The van der Waals surface area contributed by atoms with Crippen LogP contribution in [-0.2, 0) is 13.0 Å². The summed E-state index contributed by atoms with van der Waals surface area (Å²) in [6.45, 7) is 0.420. The molecular weight excluding hydrogens is 235 g/mol. The lowest BCUT2D eigenvalue weighted by atomic mass is 10.1. The lowest BCUT2D eigenvalue weighted by Crippen LogP contribution is -2.28. The Bertz CT molecular complexity index is 639. The van der Waals surface area contributed by atoms with Crippen molar-refractivity contribution in [2.24, 2.45) is 0 Å². The molecule has 18 heavy (non-hydrogen) atoms. The van der Waals surface area contributed by atoms with Crippen LogP contribution < -0.4 is 10.3 Å². The molecule has 0 bridgehead atoms. The summed E-state index contributed by atoms with van der Waals surface area (Å²) in [4.78, 5) is 15.4. The normalized spacial score (nSPS) is 17.3. The summed E-state index contributed by atoms with van der Waals surface area (Å²) in [5.41, 5.74) is 0.729. The van der Waals surface area contributed by atoms with Gasteiger partial charge in [-0.15, -0.1) is 0 Å². The van der Waals surface area contributed by atoms with E-state index in [9.17, 15) is 9.18 Å². The third-order valence-electron chi connectivity index (χ3n) is 2.96. The van der Waals surface area contributed by atoms with Crippen molar-refractivity contribution in [3.8, 4) is 5.75 Å². The molecule has 1 aromatic carbocycles. The number of fused-ring (bicyclic) bond motifs is 1. The second kappa shape index (κ2) is 4.25. The van der Waals surface area contributed by atoms with Gasteiger partial charge in [-0.1, -0.05) is 0 Å². The van der Waals surface area contributed by atoms with Gasteiger partial charge in [0.1, 0.15) is 17.7 Å². The third kappa shape index (κ3) is 1.99. The van der Waals surface area contributed by atoms with E-state index in [0.29, 0.717) is 18.7 Å². The van der Waals surface area contributed by atoms with Gasteiger partial charge in [-0.05, 0) is 18.2 Å². The second-order valence-electron chi connectivity index (χ2n) is 4.27. The second-order valence-corrected chi connectivity index (χ2v) is 4.27. The van der Waals surface area contributed by atoms with Crippen LogP contribution in [0.25, 0.3) is 0 Å². The first-order valence-corrected chi connectivity index (χ1v) is 5.68. The standard InChI is InChI=1S/C13H11FN2O2/c14-10-1-2-12-9(5-10)6-11(18-12)7-16-8-15-4-3-13(16)17/h1-5,8,11H,6-7H2. The Balaban J connectivity index is 1.79. The Hall–Kier alpha value is -2.17. The number of rotatable bonds is 2. The van der Waals surface area contributed by atoms with Crippen molar-refractivity contribution < 1.29 is 9.13 Å². The van der Waals surface area contributed by atoms with Crippen LogP contribution in [0, 0.1) is 5.82 Å². The number of aromatic nitrogens is 2. The fraction of sp³-hybridized carbons (Fsp3) is 0.231. The van der Waals surface area contributed by atoms with Crippen LogP contribution in [0.1, 0.15) is 5.56 Å². The molecule has 0 saturated heterocycles. The fourth-order valence-corrected chi connectivity index (χ4v) is 2.13. The van der Waals surface area contributed by atoms with Gasteiger partial charge in [-0.2, -0.15) is 0 Å². The molecule has 0 saturated carbocycles. The maximum atomic E-state index is 13.1. The monoisotopic (exact) mass is 246 g/mol. The molecule has 2 heterocycles. The summed E-state index contributed by atoms with van der Waals surface area (Å²) < 4.78 is 20.2. The highest BCUT2D eigenvalue weighted by atomic mass is 19.1. The van der Waals surface area contributed by atoms with E-state index in [0.717, 1.165) is 5.56 Å². The van der Waals surface area contributed by atoms with Crippen molar-refractivity contribution >= 4 is 0 Å². The molecule has 0 N–H and O–H groups in total. The first kappa shape index (κ1) is 11.0. The first-order valence-electron chi connectivity index (χ1n) is 5.68. The van der Waals surface area contributed by atoms with Gasteiger partial charge in [0, 0.05) is 24.2 Å². The Morgan fingerprint density at radius 2 is 2.33 bits per heavy atom. The van der Waals surface area contributed by atoms with E-state index in [4.69, 9.17) is 4.74 Å². The van der Waals surface area contributed by atoms with Gasteiger partial charge in [-0.25, -0.2) is 9.37 Å². The van der Waals surface area contributed by atoms with Gasteiger partial charge in [0.05, 0.1) is 12.9 Å². The maximum Gasteiger partial charge on any atom is 0.253 e. The molecule has 1 aliphatic heterocycles. The molecule has 3 rings (SSSR count). The summed E-state index contributed by atoms with van der Waals surface area (Å²) in [5, 5.41) is 0. The van der Waals surface area contributed by atoms with Crippen molar-refractivity contribution in [2.45, 2.75) is 19.1 Å².